The Morgan fingerprint density at radius 2 is 2.14 bits per heavy atom. The van der Waals surface area contributed by atoms with Crippen molar-refractivity contribution in [1.29, 1.82) is 0 Å². The molecule has 1 heterocycles. The number of aryl methyl sites for hydroxylation is 3. The van der Waals surface area contributed by atoms with Crippen LogP contribution < -0.4 is 11.3 Å². The first-order chi connectivity index (χ1) is 9.97. The van der Waals surface area contributed by atoms with Crippen LogP contribution in [0.15, 0.2) is 18.2 Å². The fourth-order valence-electron chi connectivity index (χ4n) is 2.50. The van der Waals surface area contributed by atoms with Crippen molar-refractivity contribution in [2.75, 3.05) is 0 Å². The van der Waals surface area contributed by atoms with Gasteiger partial charge in [-0.05, 0) is 44.0 Å². The maximum atomic E-state index is 13.5. The molecule has 3 N–H and O–H groups in total. The molecule has 21 heavy (non-hydrogen) atoms. The van der Waals surface area contributed by atoms with E-state index in [0.717, 1.165) is 29.1 Å². The Labute approximate surface area is 129 Å². The lowest BCUT2D eigenvalue weighted by molar-refractivity contribution is 0.511. The minimum absolute atomic E-state index is 0.223. The highest BCUT2D eigenvalue weighted by Gasteiger charge is 2.20. The number of halogens is 2. The molecule has 4 nitrogen and oxygen atoms in total. The number of nitrogens with two attached hydrogens (primary N) is 1. The molecule has 0 saturated carbocycles. The van der Waals surface area contributed by atoms with Gasteiger partial charge in [-0.2, -0.15) is 5.10 Å². The Balaban J connectivity index is 2.38. The second kappa shape index (κ2) is 6.56. The molecule has 1 unspecified atom stereocenters. The van der Waals surface area contributed by atoms with Gasteiger partial charge in [-0.25, -0.2) is 4.39 Å². The summed E-state index contributed by atoms with van der Waals surface area (Å²) in [6.45, 7) is 6.53. The summed E-state index contributed by atoms with van der Waals surface area (Å²) in [5.41, 5.74) is 6.26. The molecule has 1 atom stereocenters. The first-order valence-electron chi connectivity index (χ1n) is 6.91. The first-order valence-corrected chi connectivity index (χ1v) is 7.29. The predicted molar refractivity (Wildman–Crippen MR) is 82.6 cm³/mol. The van der Waals surface area contributed by atoms with E-state index in [0.29, 0.717) is 11.4 Å². The van der Waals surface area contributed by atoms with Gasteiger partial charge in [-0.15, -0.1) is 0 Å². The van der Waals surface area contributed by atoms with E-state index in [1.165, 1.54) is 12.1 Å². The Kier molecular flexibility index (Phi) is 4.98. The van der Waals surface area contributed by atoms with Gasteiger partial charge in [0.2, 0.25) is 0 Å². The van der Waals surface area contributed by atoms with Crippen molar-refractivity contribution in [2.45, 2.75) is 39.8 Å². The highest BCUT2D eigenvalue weighted by molar-refractivity contribution is 6.31. The first kappa shape index (κ1) is 15.9. The largest absolute Gasteiger partial charge is 0.271 e. The number of nitrogens with zero attached hydrogens (tertiary/aromatic N) is 2. The number of rotatable bonds is 5. The smallest absolute Gasteiger partial charge is 0.123 e. The van der Waals surface area contributed by atoms with Gasteiger partial charge in [0.1, 0.15) is 5.82 Å². The van der Waals surface area contributed by atoms with E-state index < -0.39 is 0 Å². The molecule has 0 aliphatic heterocycles. The molecule has 0 fully saturated rings. The average molecular weight is 311 g/mol. The molecule has 0 amide bonds. The molecule has 1 aromatic carbocycles. The lowest BCUT2D eigenvalue weighted by Crippen LogP contribution is -2.31. The summed E-state index contributed by atoms with van der Waals surface area (Å²) in [6, 6.07) is 4.48. The molecule has 0 radical (unpaired) electrons. The van der Waals surface area contributed by atoms with Crippen molar-refractivity contribution >= 4 is 11.6 Å². The summed E-state index contributed by atoms with van der Waals surface area (Å²) in [6.07, 6.45) is 0.550. The number of aromatic nitrogens is 2. The van der Waals surface area contributed by atoms with Crippen LogP contribution in [-0.4, -0.2) is 9.78 Å². The summed E-state index contributed by atoms with van der Waals surface area (Å²) in [4.78, 5) is 0. The van der Waals surface area contributed by atoms with Gasteiger partial charge in [-0.3, -0.25) is 16.0 Å². The number of hydrogen-bond donors (Lipinski definition) is 2. The Bertz CT molecular complexity index is 639. The summed E-state index contributed by atoms with van der Waals surface area (Å²) in [7, 11) is 0. The fourth-order valence-corrected chi connectivity index (χ4v) is 2.72. The number of hydrogen-bond acceptors (Lipinski definition) is 3. The molecule has 114 valence electrons. The molecule has 0 aliphatic rings. The molecular formula is C15H20ClFN4. The van der Waals surface area contributed by atoms with E-state index in [9.17, 15) is 4.39 Å². The van der Waals surface area contributed by atoms with Crippen molar-refractivity contribution in [3.63, 3.8) is 0 Å². The summed E-state index contributed by atoms with van der Waals surface area (Å²) >= 11 is 6.33. The minimum Gasteiger partial charge on any atom is -0.271 e. The maximum Gasteiger partial charge on any atom is 0.123 e. The lowest BCUT2D eigenvalue weighted by Gasteiger charge is -2.19. The molecule has 0 saturated heterocycles. The van der Waals surface area contributed by atoms with Crippen molar-refractivity contribution in [3.8, 4) is 0 Å². The second-order valence-corrected chi connectivity index (χ2v) is 5.46. The molecule has 6 heteroatoms. The highest BCUT2D eigenvalue weighted by atomic mass is 35.5. The molecule has 1 aromatic heterocycles. The average Bonchev–Trinajstić information content (AvgIpc) is 2.74. The van der Waals surface area contributed by atoms with Crippen LogP contribution in [0.1, 0.15) is 35.5 Å². The van der Waals surface area contributed by atoms with E-state index in [4.69, 9.17) is 17.4 Å². The molecule has 0 bridgehead atoms. The molecule has 0 spiro atoms. The van der Waals surface area contributed by atoms with Crippen LogP contribution in [0.2, 0.25) is 5.02 Å². The fraction of sp³-hybridized carbons (Fsp3) is 0.400. The van der Waals surface area contributed by atoms with Crippen LogP contribution in [0.5, 0.6) is 0 Å². The van der Waals surface area contributed by atoms with Crippen molar-refractivity contribution in [1.82, 2.24) is 15.2 Å². The SMILES string of the molecule is CCn1nc(C)c(Cl)c1CC(NN)c1cc(F)ccc1C. The van der Waals surface area contributed by atoms with Gasteiger partial charge in [0.25, 0.3) is 0 Å². The van der Waals surface area contributed by atoms with Gasteiger partial charge < -0.3 is 0 Å². The zero-order valence-corrected chi connectivity index (χ0v) is 13.2. The monoisotopic (exact) mass is 310 g/mol. The summed E-state index contributed by atoms with van der Waals surface area (Å²) < 4.78 is 15.4. The van der Waals surface area contributed by atoms with E-state index in [1.807, 2.05) is 25.5 Å². The summed E-state index contributed by atoms with van der Waals surface area (Å²) in [5.74, 6) is 5.40. The van der Waals surface area contributed by atoms with Crippen LogP contribution >= 0.6 is 11.6 Å². The molecular weight excluding hydrogens is 291 g/mol. The van der Waals surface area contributed by atoms with Crippen LogP contribution in [-0.2, 0) is 13.0 Å². The van der Waals surface area contributed by atoms with Gasteiger partial charge in [-0.1, -0.05) is 17.7 Å². The molecule has 2 rings (SSSR count). The third kappa shape index (κ3) is 3.26. The Morgan fingerprint density at radius 3 is 2.76 bits per heavy atom. The van der Waals surface area contributed by atoms with Gasteiger partial charge in [0, 0.05) is 13.0 Å². The predicted octanol–water partition coefficient (Wildman–Crippen LogP) is 3.06. The van der Waals surface area contributed by atoms with Crippen molar-refractivity contribution < 1.29 is 4.39 Å². The van der Waals surface area contributed by atoms with Crippen molar-refractivity contribution in [3.05, 3.63) is 51.6 Å². The second-order valence-electron chi connectivity index (χ2n) is 5.09. The standard InChI is InChI=1S/C15H20ClFN4/c1-4-21-14(15(16)10(3)20-21)8-13(19-18)12-7-11(17)6-5-9(12)2/h5-7,13,19H,4,8,18H2,1-3H3. The zero-order valence-electron chi connectivity index (χ0n) is 12.5. The van der Waals surface area contributed by atoms with Crippen LogP contribution in [0.3, 0.4) is 0 Å². The lowest BCUT2D eigenvalue weighted by atomic mass is 9.97. The van der Waals surface area contributed by atoms with E-state index in [1.54, 1.807) is 6.07 Å². The Hall–Kier alpha value is -1.43. The van der Waals surface area contributed by atoms with E-state index in [2.05, 4.69) is 10.5 Å². The summed E-state index contributed by atoms with van der Waals surface area (Å²) in [5, 5.41) is 5.04. The maximum absolute atomic E-state index is 13.5. The van der Waals surface area contributed by atoms with E-state index in [-0.39, 0.29) is 11.9 Å². The molecule has 0 aliphatic carbocycles. The van der Waals surface area contributed by atoms with Crippen LogP contribution in [0, 0.1) is 19.7 Å². The van der Waals surface area contributed by atoms with Crippen LogP contribution in [0.25, 0.3) is 0 Å². The topological polar surface area (TPSA) is 55.9 Å². The van der Waals surface area contributed by atoms with Gasteiger partial charge in [0.05, 0.1) is 22.5 Å². The third-order valence-electron chi connectivity index (χ3n) is 3.67. The van der Waals surface area contributed by atoms with Gasteiger partial charge in [0.15, 0.2) is 0 Å². The zero-order chi connectivity index (χ0) is 15.6. The van der Waals surface area contributed by atoms with Crippen LogP contribution in [0.4, 0.5) is 4.39 Å². The normalized spacial score (nSPS) is 12.7. The molecule has 2 aromatic rings. The van der Waals surface area contributed by atoms with Crippen molar-refractivity contribution in [2.24, 2.45) is 5.84 Å². The van der Waals surface area contributed by atoms with E-state index >= 15 is 0 Å². The Morgan fingerprint density at radius 1 is 1.43 bits per heavy atom. The number of nitrogens with one attached hydrogen (secondary N) is 1. The highest BCUT2D eigenvalue weighted by Crippen LogP contribution is 2.27. The minimum atomic E-state index is -0.276. The number of benzene rings is 1. The van der Waals surface area contributed by atoms with Gasteiger partial charge >= 0.3 is 0 Å². The third-order valence-corrected chi connectivity index (χ3v) is 4.16. The number of hydrazine groups is 1. The quantitative estimate of drug-likeness (QED) is 0.659.